The normalized spacial score (nSPS) is 10.6. The van der Waals surface area contributed by atoms with E-state index in [1.165, 1.54) is 96.4 Å². The summed E-state index contributed by atoms with van der Waals surface area (Å²) >= 11 is 12.1. The lowest BCUT2D eigenvalue weighted by molar-refractivity contribution is -0.697. The van der Waals surface area contributed by atoms with Crippen LogP contribution in [0.5, 0.6) is 0 Å². The van der Waals surface area contributed by atoms with E-state index in [2.05, 4.69) is 47.4 Å². The number of aryl methyl sites for hydroxylation is 1. The van der Waals surface area contributed by atoms with Crippen LogP contribution in [-0.4, -0.2) is 5.97 Å². The third-order valence-corrected chi connectivity index (χ3v) is 7.75. The molecule has 3 aromatic rings. The van der Waals surface area contributed by atoms with Gasteiger partial charge in [-0.1, -0.05) is 138 Å². The van der Waals surface area contributed by atoms with Crippen LogP contribution < -0.4 is 15.0 Å². The van der Waals surface area contributed by atoms with E-state index in [0.29, 0.717) is 27.0 Å². The first-order valence-corrected chi connectivity index (χ1v) is 16.2. The first kappa shape index (κ1) is 34.6. The van der Waals surface area contributed by atoms with Gasteiger partial charge < -0.3 is 15.2 Å². The van der Waals surface area contributed by atoms with Crippen LogP contribution in [0.15, 0.2) is 73.1 Å². The number of carboxylic acids is 1. The summed E-state index contributed by atoms with van der Waals surface area (Å²) in [7, 11) is 0. The fraction of sp³-hybridized carbons (Fsp3) is 0.486. The van der Waals surface area contributed by atoms with Crippen molar-refractivity contribution >= 4 is 40.5 Å². The Bertz CT molecular complexity index is 1090. The number of para-hydroxylation sites is 2. The fourth-order valence-electron chi connectivity index (χ4n) is 4.78. The zero-order valence-corrected chi connectivity index (χ0v) is 26.3. The Morgan fingerprint density at radius 3 is 1.73 bits per heavy atom. The Hall–Kier alpha value is -2.56. The molecule has 1 heterocycles. The molecule has 3 rings (SSSR count). The van der Waals surface area contributed by atoms with Gasteiger partial charge in [-0.25, -0.2) is 4.57 Å². The number of rotatable bonds is 19. The summed E-state index contributed by atoms with van der Waals surface area (Å²) in [5.41, 5.74) is 1.80. The van der Waals surface area contributed by atoms with Gasteiger partial charge in [0.1, 0.15) is 6.54 Å². The van der Waals surface area contributed by atoms with Crippen molar-refractivity contribution in [2.45, 2.75) is 110 Å². The topological polar surface area (TPSA) is 56.0 Å². The van der Waals surface area contributed by atoms with Gasteiger partial charge >= 0.3 is 0 Å². The third-order valence-electron chi connectivity index (χ3n) is 7.12. The molecule has 2 aromatic carbocycles. The first-order valence-electron chi connectivity index (χ1n) is 15.4. The van der Waals surface area contributed by atoms with E-state index in [-0.39, 0.29) is 6.42 Å². The molecule has 1 N–H and O–H groups in total. The Labute approximate surface area is 258 Å². The summed E-state index contributed by atoms with van der Waals surface area (Å²) in [4.78, 5) is 10.7. The second-order valence-corrected chi connectivity index (χ2v) is 11.5. The lowest BCUT2D eigenvalue weighted by Gasteiger charge is -2.14. The van der Waals surface area contributed by atoms with Crippen LogP contribution in [0.3, 0.4) is 0 Å². The van der Waals surface area contributed by atoms with Crippen LogP contribution in [-0.2, 0) is 17.8 Å². The lowest BCUT2D eigenvalue weighted by Crippen LogP contribution is -2.32. The molecule has 224 valence electrons. The van der Waals surface area contributed by atoms with Gasteiger partial charge in [0, 0.05) is 36.6 Å². The zero-order chi connectivity index (χ0) is 29.5. The van der Waals surface area contributed by atoms with Gasteiger partial charge in [0.2, 0.25) is 0 Å². The molecule has 0 fully saturated rings. The van der Waals surface area contributed by atoms with E-state index < -0.39 is 5.97 Å². The predicted octanol–water partition coefficient (Wildman–Crippen LogP) is 9.48. The van der Waals surface area contributed by atoms with Crippen molar-refractivity contribution in [1.82, 2.24) is 0 Å². The minimum absolute atomic E-state index is 0.175. The number of unbranched alkanes of at least 4 members (excludes halogenated alkanes) is 13. The molecule has 0 unspecified atom stereocenters. The highest BCUT2D eigenvalue weighted by molar-refractivity contribution is 6.39. The molecule has 0 saturated heterocycles. The number of carbonyl (C=O) groups excluding carboxylic acids is 1. The molecule has 41 heavy (non-hydrogen) atoms. The maximum Gasteiger partial charge on any atom is 0.168 e. The van der Waals surface area contributed by atoms with Gasteiger partial charge in [-0.2, -0.15) is 0 Å². The molecule has 1 aromatic heterocycles. The van der Waals surface area contributed by atoms with Crippen LogP contribution >= 0.6 is 23.2 Å². The number of aliphatic carboxylic acids is 1. The molecular weight excluding hydrogens is 551 g/mol. The molecule has 0 amide bonds. The number of pyridine rings is 1. The molecule has 0 bridgehead atoms. The highest BCUT2D eigenvalue weighted by Crippen LogP contribution is 2.33. The summed E-state index contributed by atoms with van der Waals surface area (Å²) in [6.07, 6.45) is 24.2. The van der Waals surface area contributed by atoms with Crippen molar-refractivity contribution < 1.29 is 14.5 Å². The quantitative estimate of drug-likeness (QED) is 0.110. The van der Waals surface area contributed by atoms with Crippen molar-refractivity contribution in [3.63, 3.8) is 0 Å². The summed E-state index contributed by atoms with van der Waals surface area (Å²) in [5.74, 6) is -1.14. The van der Waals surface area contributed by atoms with E-state index in [9.17, 15) is 9.90 Å². The number of nitrogens with one attached hydrogen (secondary N) is 1. The van der Waals surface area contributed by atoms with E-state index in [4.69, 9.17) is 23.2 Å². The number of benzene rings is 2. The molecule has 0 aliphatic rings. The second kappa shape index (κ2) is 22.1. The zero-order valence-electron chi connectivity index (χ0n) is 24.8. The molecule has 0 atom stereocenters. The molecule has 0 aliphatic heterocycles. The van der Waals surface area contributed by atoms with Crippen molar-refractivity contribution in [2.75, 3.05) is 5.32 Å². The maximum atomic E-state index is 10.7. The van der Waals surface area contributed by atoms with Gasteiger partial charge in [0.25, 0.3) is 0 Å². The van der Waals surface area contributed by atoms with Gasteiger partial charge in [-0.05, 0) is 30.2 Å². The SMILES string of the molecule is CCCCCCCCCCCCCCCC[n+]1ccccc1.O=C([O-])Cc1ccccc1Nc1c(Cl)cccc1Cl. The lowest BCUT2D eigenvalue weighted by atomic mass is 10.0. The smallest absolute Gasteiger partial charge is 0.168 e. The number of hydrogen-bond acceptors (Lipinski definition) is 3. The Morgan fingerprint density at radius 2 is 1.20 bits per heavy atom. The van der Waals surface area contributed by atoms with E-state index in [1.54, 1.807) is 42.5 Å². The molecule has 4 nitrogen and oxygen atoms in total. The van der Waals surface area contributed by atoms with Crippen molar-refractivity contribution in [3.05, 3.63) is 88.7 Å². The van der Waals surface area contributed by atoms with Crippen LogP contribution in [0.25, 0.3) is 0 Å². The molecule has 0 saturated carbocycles. The highest BCUT2D eigenvalue weighted by Gasteiger charge is 2.08. The number of carbonyl (C=O) groups is 1. The average Bonchev–Trinajstić information content (AvgIpc) is 2.97. The standard InChI is InChI=1S/C21H38N.C14H11Cl2NO2/c1-2-3-4-5-6-7-8-9-10-11-12-13-14-16-19-22-20-17-15-18-21-22;15-10-5-3-6-11(16)14(10)17-12-7-2-1-4-9(12)8-13(18)19/h15,17-18,20-21H,2-14,16,19H2,1H3;1-7,17H,8H2,(H,18,19)/q+1;/p-1. The van der Waals surface area contributed by atoms with Crippen LogP contribution in [0, 0.1) is 0 Å². The van der Waals surface area contributed by atoms with Crippen molar-refractivity contribution in [1.29, 1.82) is 0 Å². The number of anilines is 2. The van der Waals surface area contributed by atoms with Crippen LogP contribution in [0.1, 0.15) is 102 Å². The number of hydrogen-bond donors (Lipinski definition) is 1. The summed E-state index contributed by atoms with van der Waals surface area (Å²) in [6.45, 7) is 3.47. The van der Waals surface area contributed by atoms with E-state index in [0.717, 1.165) is 0 Å². The number of aromatic nitrogens is 1. The van der Waals surface area contributed by atoms with E-state index in [1.807, 2.05) is 0 Å². The van der Waals surface area contributed by atoms with Crippen LogP contribution in [0.4, 0.5) is 11.4 Å². The van der Waals surface area contributed by atoms with Crippen molar-refractivity contribution in [2.24, 2.45) is 0 Å². The second-order valence-electron chi connectivity index (χ2n) is 10.6. The van der Waals surface area contributed by atoms with E-state index >= 15 is 0 Å². The molecule has 0 radical (unpaired) electrons. The highest BCUT2D eigenvalue weighted by atomic mass is 35.5. The van der Waals surface area contributed by atoms with Gasteiger partial charge in [0.05, 0.1) is 15.7 Å². The van der Waals surface area contributed by atoms with Gasteiger partial charge in [-0.15, -0.1) is 0 Å². The monoisotopic (exact) mass is 598 g/mol. The molecule has 0 spiro atoms. The van der Waals surface area contributed by atoms with Crippen molar-refractivity contribution in [3.8, 4) is 0 Å². The maximum absolute atomic E-state index is 10.7. The third kappa shape index (κ3) is 15.9. The Morgan fingerprint density at radius 1 is 0.683 bits per heavy atom. The molecule has 6 heteroatoms. The summed E-state index contributed by atoms with van der Waals surface area (Å²) in [5, 5.41) is 14.7. The first-order chi connectivity index (χ1) is 20.0. The minimum atomic E-state index is -1.14. The Balaban J connectivity index is 0.000000289. The van der Waals surface area contributed by atoms with Gasteiger partial charge in [0.15, 0.2) is 12.4 Å². The molecule has 0 aliphatic carbocycles. The largest absolute Gasteiger partial charge is 0.550 e. The van der Waals surface area contributed by atoms with Crippen LogP contribution in [0.2, 0.25) is 10.0 Å². The minimum Gasteiger partial charge on any atom is -0.550 e. The number of nitrogens with zero attached hydrogens (tertiary/aromatic N) is 1. The summed E-state index contributed by atoms with van der Waals surface area (Å²) < 4.78 is 2.29. The number of halogens is 2. The average molecular weight is 600 g/mol. The number of carboxylic acid groups (broad SMARTS) is 1. The van der Waals surface area contributed by atoms with Gasteiger partial charge in [-0.3, -0.25) is 0 Å². The Kier molecular flexibility index (Phi) is 18.7. The predicted molar refractivity (Wildman–Crippen MR) is 172 cm³/mol. The molecular formula is C35H48Cl2N2O2. The fourth-order valence-corrected chi connectivity index (χ4v) is 5.27. The summed E-state index contributed by atoms with van der Waals surface area (Å²) in [6, 6.07) is 18.5.